The first-order valence-corrected chi connectivity index (χ1v) is 9.16. The molecule has 1 N–H and O–H groups in total. The average molecular weight is 365 g/mol. The number of piperidine rings is 1. The van der Waals surface area contributed by atoms with E-state index in [0.29, 0.717) is 6.54 Å². The molecule has 1 aliphatic heterocycles. The number of benzene rings is 1. The van der Waals surface area contributed by atoms with Crippen molar-refractivity contribution in [2.24, 2.45) is 5.92 Å². The summed E-state index contributed by atoms with van der Waals surface area (Å²) in [6, 6.07) is 13.4. The molecule has 1 saturated heterocycles. The van der Waals surface area contributed by atoms with Gasteiger partial charge in [0.2, 0.25) is 11.9 Å². The predicted octanol–water partition coefficient (Wildman–Crippen LogP) is 2.90. The van der Waals surface area contributed by atoms with Crippen LogP contribution in [0.2, 0.25) is 0 Å². The van der Waals surface area contributed by atoms with Crippen LogP contribution < -0.4 is 15.0 Å². The van der Waals surface area contributed by atoms with Crippen LogP contribution in [-0.4, -0.2) is 40.7 Å². The molecule has 0 bridgehead atoms. The minimum Gasteiger partial charge on any atom is -0.497 e. The summed E-state index contributed by atoms with van der Waals surface area (Å²) < 4.78 is 7.20. The van der Waals surface area contributed by atoms with Crippen LogP contribution in [0.15, 0.2) is 42.5 Å². The van der Waals surface area contributed by atoms with Crippen molar-refractivity contribution >= 4 is 23.2 Å². The zero-order chi connectivity index (χ0) is 18.8. The zero-order valence-corrected chi connectivity index (χ0v) is 15.6. The Kier molecular flexibility index (Phi) is 4.66. The molecule has 3 heterocycles. The highest BCUT2D eigenvalue weighted by Crippen LogP contribution is 2.25. The van der Waals surface area contributed by atoms with E-state index < -0.39 is 0 Å². The van der Waals surface area contributed by atoms with Crippen LogP contribution in [0.1, 0.15) is 18.5 Å². The van der Waals surface area contributed by atoms with Gasteiger partial charge in [-0.2, -0.15) is 0 Å². The summed E-state index contributed by atoms with van der Waals surface area (Å²) in [5.41, 5.74) is 2.69. The number of nitrogens with zero attached hydrogens (tertiary/aromatic N) is 4. The van der Waals surface area contributed by atoms with Gasteiger partial charge in [0.15, 0.2) is 5.65 Å². The van der Waals surface area contributed by atoms with Crippen molar-refractivity contribution < 1.29 is 9.53 Å². The number of hydrogen-bond donors (Lipinski definition) is 1. The van der Waals surface area contributed by atoms with E-state index in [0.717, 1.165) is 48.1 Å². The topological polar surface area (TPSA) is 71.8 Å². The second-order valence-corrected chi connectivity index (χ2v) is 6.86. The highest BCUT2D eigenvalue weighted by Gasteiger charge is 2.28. The molecule has 4 rings (SSSR count). The van der Waals surface area contributed by atoms with Gasteiger partial charge < -0.3 is 15.0 Å². The second-order valence-electron chi connectivity index (χ2n) is 6.86. The summed E-state index contributed by atoms with van der Waals surface area (Å²) in [5.74, 6) is 1.53. The third kappa shape index (κ3) is 3.45. The monoisotopic (exact) mass is 365 g/mol. The van der Waals surface area contributed by atoms with E-state index >= 15 is 0 Å². The van der Waals surface area contributed by atoms with Gasteiger partial charge in [0.25, 0.3) is 0 Å². The van der Waals surface area contributed by atoms with Crippen LogP contribution in [0.3, 0.4) is 0 Å². The van der Waals surface area contributed by atoms with Crippen LogP contribution in [-0.2, 0) is 4.79 Å². The van der Waals surface area contributed by atoms with E-state index in [9.17, 15) is 4.79 Å². The van der Waals surface area contributed by atoms with Crippen molar-refractivity contribution in [3.05, 3.63) is 48.2 Å². The molecule has 1 amide bonds. The summed E-state index contributed by atoms with van der Waals surface area (Å²) in [7, 11) is 1.63. The summed E-state index contributed by atoms with van der Waals surface area (Å²) in [5, 5.41) is 11.7. The molecule has 2 aromatic heterocycles. The Labute approximate surface area is 158 Å². The van der Waals surface area contributed by atoms with Gasteiger partial charge in [-0.15, -0.1) is 10.2 Å². The molecule has 140 valence electrons. The molecule has 0 saturated carbocycles. The molecular weight excluding hydrogens is 342 g/mol. The number of aromatic nitrogens is 3. The number of ether oxygens (including phenoxy) is 1. The number of rotatable bonds is 4. The van der Waals surface area contributed by atoms with Crippen LogP contribution in [0.4, 0.5) is 11.6 Å². The number of hydrogen-bond acceptors (Lipinski definition) is 5. The lowest BCUT2D eigenvalue weighted by Gasteiger charge is -2.32. The summed E-state index contributed by atoms with van der Waals surface area (Å²) >= 11 is 0. The van der Waals surface area contributed by atoms with E-state index in [4.69, 9.17) is 4.74 Å². The van der Waals surface area contributed by atoms with Crippen molar-refractivity contribution in [2.75, 3.05) is 30.4 Å². The molecule has 7 nitrogen and oxygen atoms in total. The number of fused-ring (bicyclic) bond motifs is 1. The normalized spacial score (nSPS) is 17.1. The highest BCUT2D eigenvalue weighted by atomic mass is 16.5. The SMILES string of the molecule is COc1ccc(NC(=O)[C@H]2CCCN(c3nnc4cccc(C)n34)C2)cc1. The Morgan fingerprint density at radius 3 is 2.78 bits per heavy atom. The maximum atomic E-state index is 12.8. The zero-order valence-electron chi connectivity index (χ0n) is 15.6. The molecular formula is C20H23N5O2. The molecule has 0 spiro atoms. The first kappa shape index (κ1) is 17.3. The van der Waals surface area contributed by atoms with Crippen molar-refractivity contribution in [3.8, 4) is 5.75 Å². The van der Waals surface area contributed by atoms with E-state index in [1.807, 2.05) is 53.8 Å². The predicted molar refractivity (Wildman–Crippen MR) is 104 cm³/mol. The highest BCUT2D eigenvalue weighted by molar-refractivity contribution is 5.93. The second kappa shape index (κ2) is 7.26. The van der Waals surface area contributed by atoms with Gasteiger partial charge in [-0.1, -0.05) is 6.07 Å². The summed E-state index contributed by atoms with van der Waals surface area (Å²) in [4.78, 5) is 14.9. The lowest BCUT2D eigenvalue weighted by atomic mass is 9.97. The largest absolute Gasteiger partial charge is 0.497 e. The Hall–Kier alpha value is -3.09. The maximum Gasteiger partial charge on any atom is 0.231 e. The van der Waals surface area contributed by atoms with Crippen molar-refractivity contribution in [1.29, 1.82) is 0 Å². The molecule has 3 aromatic rings. The van der Waals surface area contributed by atoms with Gasteiger partial charge >= 0.3 is 0 Å². The fourth-order valence-corrected chi connectivity index (χ4v) is 3.58. The van der Waals surface area contributed by atoms with Gasteiger partial charge in [0.1, 0.15) is 5.75 Å². The Bertz CT molecular complexity index is 951. The summed E-state index contributed by atoms with van der Waals surface area (Å²) in [6.07, 6.45) is 1.82. The average Bonchev–Trinajstić information content (AvgIpc) is 3.14. The fourth-order valence-electron chi connectivity index (χ4n) is 3.58. The van der Waals surface area contributed by atoms with Gasteiger partial charge in [0, 0.05) is 24.5 Å². The van der Waals surface area contributed by atoms with E-state index in [1.165, 1.54) is 0 Å². The smallest absolute Gasteiger partial charge is 0.231 e. The molecule has 27 heavy (non-hydrogen) atoms. The number of methoxy groups -OCH3 is 1. The quantitative estimate of drug-likeness (QED) is 0.770. The lowest BCUT2D eigenvalue weighted by molar-refractivity contribution is -0.120. The first-order valence-electron chi connectivity index (χ1n) is 9.16. The van der Waals surface area contributed by atoms with Gasteiger partial charge in [-0.3, -0.25) is 9.20 Å². The van der Waals surface area contributed by atoms with Crippen molar-refractivity contribution in [3.63, 3.8) is 0 Å². The maximum absolute atomic E-state index is 12.8. The minimum absolute atomic E-state index is 0.0374. The van der Waals surface area contributed by atoms with Gasteiger partial charge in [-0.25, -0.2) is 0 Å². The fraction of sp³-hybridized carbons (Fsp3) is 0.350. The van der Waals surface area contributed by atoms with Crippen LogP contribution in [0.25, 0.3) is 5.65 Å². The number of aryl methyl sites for hydroxylation is 1. The van der Waals surface area contributed by atoms with Crippen LogP contribution in [0.5, 0.6) is 5.75 Å². The molecule has 1 fully saturated rings. The minimum atomic E-state index is -0.0859. The van der Waals surface area contributed by atoms with Crippen LogP contribution >= 0.6 is 0 Å². The molecule has 1 atom stereocenters. The number of anilines is 2. The Morgan fingerprint density at radius 2 is 2.00 bits per heavy atom. The third-order valence-electron chi connectivity index (χ3n) is 5.04. The lowest BCUT2D eigenvalue weighted by Crippen LogP contribution is -2.41. The Morgan fingerprint density at radius 1 is 1.19 bits per heavy atom. The van der Waals surface area contributed by atoms with Crippen molar-refractivity contribution in [2.45, 2.75) is 19.8 Å². The van der Waals surface area contributed by atoms with Gasteiger partial charge in [0.05, 0.1) is 13.0 Å². The van der Waals surface area contributed by atoms with Crippen molar-refractivity contribution in [1.82, 2.24) is 14.6 Å². The first-order chi connectivity index (χ1) is 13.2. The summed E-state index contributed by atoms with van der Waals surface area (Å²) in [6.45, 7) is 3.55. The molecule has 1 aliphatic rings. The van der Waals surface area contributed by atoms with Gasteiger partial charge in [-0.05, 0) is 56.2 Å². The van der Waals surface area contributed by atoms with E-state index in [2.05, 4.69) is 20.4 Å². The Balaban J connectivity index is 1.49. The number of carbonyl (C=O) groups excluding carboxylic acids is 1. The van der Waals surface area contributed by atoms with Crippen LogP contribution in [0, 0.1) is 12.8 Å². The number of nitrogens with one attached hydrogen (secondary N) is 1. The van der Waals surface area contributed by atoms with E-state index in [1.54, 1.807) is 7.11 Å². The molecule has 7 heteroatoms. The number of amides is 1. The molecule has 0 unspecified atom stereocenters. The third-order valence-corrected chi connectivity index (χ3v) is 5.04. The molecule has 1 aromatic carbocycles. The standard InChI is InChI=1S/C20H23N5O2/c1-14-5-3-7-18-22-23-20(25(14)18)24-12-4-6-15(13-24)19(26)21-16-8-10-17(27-2)11-9-16/h3,5,7-11,15H,4,6,12-13H2,1-2H3,(H,21,26)/t15-/m0/s1. The molecule has 0 radical (unpaired) electrons. The molecule has 0 aliphatic carbocycles. The van der Waals surface area contributed by atoms with E-state index in [-0.39, 0.29) is 11.8 Å². The number of carbonyl (C=O) groups is 1. The number of pyridine rings is 1.